The third-order valence-corrected chi connectivity index (χ3v) is 3.34. The summed E-state index contributed by atoms with van der Waals surface area (Å²) < 4.78 is 0. The molecule has 2 nitrogen and oxygen atoms in total. The monoisotopic (exact) mass is 218 g/mol. The fourth-order valence-corrected chi connectivity index (χ4v) is 2.59. The molecular formula is C14H22N2. The van der Waals surface area contributed by atoms with Gasteiger partial charge in [0.15, 0.2) is 0 Å². The Kier molecular flexibility index (Phi) is 4.37. The van der Waals surface area contributed by atoms with E-state index in [4.69, 9.17) is 0 Å². The van der Waals surface area contributed by atoms with Gasteiger partial charge in [0.2, 0.25) is 0 Å². The largest absolute Gasteiger partial charge is 0.319 e. The highest BCUT2D eigenvalue weighted by Gasteiger charge is 2.18. The van der Waals surface area contributed by atoms with Crippen LogP contribution in [0.25, 0.3) is 0 Å². The highest BCUT2D eigenvalue weighted by atomic mass is 15.1. The molecule has 0 aromatic heterocycles. The Balaban J connectivity index is 1.85. The molecule has 0 spiro atoms. The lowest BCUT2D eigenvalue weighted by molar-refractivity contribution is 0.167. The van der Waals surface area contributed by atoms with Crippen LogP contribution in [0.15, 0.2) is 30.3 Å². The van der Waals surface area contributed by atoms with Crippen LogP contribution in [0.3, 0.4) is 0 Å². The molecule has 1 atom stereocenters. The van der Waals surface area contributed by atoms with Gasteiger partial charge in [-0.05, 0) is 44.5 Å². The van der Waals surface area contributed by atoms with Crippen LogP contribution in [-0.4, -0.2) is 31.6 Å². The van der Waals surface area contributed by atoms with Crippen LogP contribution in [0.1, 0.15) is 18.4 Å². The molecular weight excluding hydrogens is 196 g/mol. The van der Waals surface area contributed by atoms with E-state index < -0.39 is 0 Å². The third kappa shape index (κ3) is 3.32. The van der Waals surface area contributed by atoms with Gasteiger partial charge in [0.05, 0.1) is 0 Å². The summed E-state index contributed by atoms with van der Waals surface area (Å²) in [7, 11) is 2.05. The van der Waals surface area contributed by atoms with Crippen molar-refractivity contribution in [3.63, 3.8) is 0 Å². The second kappa shape index (κ2) is 6.02. The molecule has 1 aliphatic heterocycles. The average molecular weight is 218 g/mol. The van der Waals surface area contributed by atoms with Gasteiger partial charge in [0.25, 0.3) is 0 Å². The standard InChI is InChI=1S/C14H22N2/c1-15-10-14-8-5-9-16(12-14)11-13-6-3-2-4-7-13/h2-4,6-7,14-15H,5,8-12H2,1H3. The summed E-state index contributed by atoms with van der Waals surface area (Å²) in [5.41, 5.74) is 1.44. The maximum atomic E-state index is 3.30. The number of nitrogens with zero attached hydrogens (tertiary/aromatic N) is 1. The Morgan fingerprint density at radius 1 is 1.31 bits per heavy atom. The van der Waals surface area contributed by atoms with Crippen LogP contribution >= 0.6 is 0 Å². The second-order valence-electron chi connectivity index (χ2n) is 4.79. The molecule has 1 unspecified atom stereocenters. The molecule has 88 valence electrons. The van der Waals surface area contributed by atoms with Gasteiger partial charge in [-0.3, -0.25) is 4.90 Å². The van der Waals surface area contributed by atoms with E-state index in [0.717, 1.165) is 19.0 Å². The Labute approximate surface area is 98.7 Å². The van der Waals surface area contributed by atoms with Gasteiger partial charge in [-0.25, -0.2) is 0 Å². The van der Waals surface area contributed by atoms with Crippen LogP contribution in [0.4, 0.5) is 0 Å². The summed E-state index contributed by atoms with van der Waals surface area (Å²) in [6, 6.07) is 10.8. The number of rotatable bonds is 4. The molecule has 1 saturated heterocycles. The van der Waals surface area contributed by atoms with Gasteiger partial charge in [0, 0.05) is 13.1 Å². The summed E-state index contributed by atoms with van der Waals surface area (Å²) in [5, 5.41) is 3.30. The van der Waals surface area contributed by atoms with Crippen LogP contribution in [0.5, 0.6) is 0 Å². The van der Waals surface area contributed by atoms with Gasteiger partial charge >= 0.3 is 0 Å². The summed E-state index contributed by atoms with van der Waals surface area (Å²) in [5.74, 6) is 0.836. The van der Waals surface area contributed by atoms with Crippen molar-refractivity contribution in [2.75, 3.05) is 26.7 Å². The van der Waals surface area contributed by atoms with Gasteiger partial charge in [0.1, 0.15) is 0 Å². The van der Waals surface area contributed by atoms with E-state index in [1.807, 2.05) is 0 Å². The summed E-state index contributed by atoms with van der Waals surface area (Å²) >= 11 is 0. The molecule has 0 radical (unpaired) electrons. The lowest BCUT2D eigenvalue weighted by Crippen LogP contribution is -2.38. The molecule has 2 rings (SSSR count). The molecule has 1 heterocycles. The topological polar surface area (TPSA) is 15.3 Å². The van der Waals surface area contributed by atoms with E-state index in [2.05, 4.69) is 47.6 Å². The minimum absolute atomic E-state index is 0.836. The molecule has 0 saturated carbocycles. The van der Waals surface area contributed by atoms with E-state index in [9.17, 15) is 0 Å². The Hall–Kier alpha value is -0.860. The normalized spacial score (nSPS) is 22.2. The zero-order valence-corrected chi connectivity index (χ0v) is 10.2. The van der Waals surface area contributed by atoms with Crippen LogP contribution in [-0.2, 0) is 6.54 Å². The fraction of sp³-hybridized carbons (Fsp3) is 0.571. The van der Waals surface area contributed by atoms with Crippen LogP contribution in [0, 0.1) is 5.92 Å². The molecule has 16 heavy (non-hydrogen) atoms. The van der Waals surface area contributed by atoms with Gasteiger partial charge in [-0.2, -0.15) is 0 Å². The summed E-state index contributed by atoms with van der Waals surface area (Å²) in [6.45, 7) is 4.77. The van der Waals surface area contributed by atoms with Crippen molar-refractivity contribution in [3.8, 4) is 0 Å². The predicted octanol–water partition coefficient (Wildman–Crippen LogP) is 2.12. The van der Waals surface area contributed by atoms with Crippen molar-refractivity contribution < 1.29 is 0 Å². The second-order valence-corrected chi connectivity index (χ2v) is 4.79. The Morgan fingerprint density at radius 2 is 2.12 bits per heavy atom. The Morgan fingerprint density at radius 3 is 2.88 bits per heavy atom. The number of benzene rings is 1. The highest BCUT2D eigenvalue weighted by Crippen LogP contribution is 2.17. The first-order valence-electron chi connectivity index (χ1n) is 6.29. The lowest BCUT2D eigenvalue weighted by Gasteiger charge is -2.32. The zero-order chi connectivity index (χ0) is 11.2. The maximum Gasteiger partial charge on any atom is 0.0233 e. The SMILES string of the molecule is CNCC1CCCN(Cc2ccccc2)C1. The molecule has 1 aromatic rings. The van der Waals surface area contributed by atoms with Gasteiger partial charge in [-0.1, -0.05) is 30.3 Å². The molecule has 2 heteroatoms. The van der Waals surface area contributed by atoms with Crippen LogP contribution in [0.2, 0.25) is 0 Å². The quantitative estimate of drug-likeness (QED) is 0.833. The summed E-state index contributed by atoms with van der Waals surface area (Å²) in [4.78, 5) is 2.58. The molecule has 1 fully saturated rings. The smallest absolute Gasteiger partial charge is 0.0233 e. The van der Waals surface area contributed by atoms with E-state index in [-0.39, 0.29) is 0 Å². The third-order valence-electron chi connectivity index (χ3n) is 3.34. The lowest BCUT2D eigenvalue weighted by atomic mass is 9.97. The van der Waals surface area contributed by atoms with Crippen LogP contribution < -0.4 is 5.32 Å². The minimum atomic E-state index is 0.836. The van der Waals surface area contributed by atoms with Crippen molar-refractivity contribution in [1.82, 2.24) is 10.2 Å². The number of hydrogen-bond donors (Lipinski definition) is 1. The van der Waals surface area contributed by atoms with Crippen molar-refractivity contribution in [3.05, 3.63) is 35.9 Å². The average Bonchev–Trinajstić information content (AvgIpc) is 2.31. The van der Waals surface area contributed by atoms with Crippen molar-refractivity contribution >= 4 is 0 Å². The van der Waals surface area contributed by atoms with Gasteiger partial charge < -0.3 is 5.32 Å². The van der Waals surface area contributed by atoms with E-state index in [1.165, 1.54) is 31.5 Å². The molecule has 0 aliphatic carbocycles. The first-order chi connectivity index (χ1) is 7.88. The first-order valence-corrected chi connectivity index (χ1v) is 6.29. The minimum Gasteiger partial charge on any atom is -0.319 e. The number of piperidine rings is 1. The highest BCUT2D eigenvalue weighted by molar-refractivity contribution is 5.14. The van der Waals surface area contributed by atoms with Crippen molar-refractivity contribution in [2.45, 2.75) is 19.4 Å². The molecule has 1 aliphatic rings. The zero-order valence-electron chi connectivity index (χ0n) is 10.2. The molecule has 0 bridgehead atoms. The first kappa shape index (κ1) is 11.6. The maximum absolute atomic E-state index is 3.30. The van der Waals surface area contributed by atoms with E-state index >= 15 is 0 Å². The Bertz CT molecular complexity index is 295. The summed E-state index contributed by atoms with van der Waals surface area (Å²) in [6.07, 6.45) is 2.73. The molecule has 0 amide bonds. The number of nitrogens with one attached hydrogen (secondary N) is 1. The van der Waals surface area contributed by atoms with E-state index in [0.29, 0.717) is 0 Å². The molecule has 1 aromatic carbocycles. The molecule has 1 N–H and O–H groups in total. The van der Waals surface area contributed by atoms with Crippen molar-refractivity contribution in [1.29, 1.82) is 0 Å². The fourth-order valence-electron chi connectivity index (χ4n) is 2.59. The number of likely N-dealkylation sites (tertiary alicyclic amines) is 1. The predicted molar refractivity (Wildman–Crippen MR) is 68.4 cm³/mol. The van der Waals surface area contributed by atoms with Crippen molar-refractivity contribution in [2.24, 2.45) is 5.92 Å². The van der Waals surface area contributed by atoms with Gasteiger partial charge in [-0.15, -0.1) is 0 Å². The number of hydrogen-bond acceptors (Lipinski definition) is 2. The van der Waals surface area contributed by atoms with E-state index in [1.54, 1.807) is 0 Å².